The van der Waals surface area contributed by atoms with Gasteiger partial charge >= 0.3 is 0 Å². The van der Waals surface area contributed by atoms with E-state index in [1.165, 1.54) is 7.11 Å². The number of carbonyl (C=O) groups excluding carboxylic acids is 2. The Morgan fingerprint density at radius 2 is 1.90 bits per heavy atom. The van der Waals surface area contributed by atoms with Gasteiger partial charge in [0.25, 0.3) is 0 Å². The number of methoxy groups -OCH3 is 1. The molecule has 0 N–H and O–H groups in total. The van der Waals surface area contributed by atoms with E-state index < -0.39 is 5.54 Å². The Morgan fingerprint density at radius 3 is 2.53 bits per heavy atom. The van der Waals surface area contributed by atoms with Crippen LogP contribution in [0.25, 0.3) is 0 Å². The molecule has 1 aliphatic rings. The third-order valence-corrected chi connectivity index (χ3v) is 6.03. The van der Waals surface area contributed by atoms with E-state index in [2.05, 4.69) is 4.57 Å². The number of hydrogen-bond donors (Lipinski definition) is 0. The summed E-state index contributed by atoms with van der Waals surface area (Å²) in [6.45, 7) is 6.85. The van der Waals surface area contributed by atoms with Gasteiger partial charge in [0.2, 0.25) is 11.8 Å². The summed E-state index contributed by atoms with van der Waals surface area (Å²) < 4.78 is 7.14. The van der Waals surface area contributed by atoms with Gasteiger partial charge in [-0.05, 0) is 50.6 Å². The van der Waals surface area contributed by atoms with E-state index in [0.29, 0.717) is 23.1 Å². The summed E-state index contributed by atoms with van der Waals surface area (Å²) in [6, 6.07) is 9.10. The lowest BCUT2D eigenvalue weighted by atomic mass is 9.99. The Bertz CT molecular complexity index is 936. The second kappa shape index (κ2) is 9.00. The number of carbonyl (C=O) groups is 2. The molecule has 0 fully saturated rings. The van der Waals surface area contributed by atoms with Crippen molar-refractivity contribution in [1.29, 1.82) is 0 Å². The van der Waals surface area contributed by atoms with Crippen LogP contribution in [-0.2, 0) is 20.9 Å². The first-order valence-electron chi connectivity index (χ1n) is 9.82. The maximum Gasteiger partial charge on any atom is 0.249 e. The van der Waals surface area contributed by atoms with Gasteiger partial charge in [0.15, 0.2) is 0 Å². The molecule has 1 aromatic heterocycles. The smallest absolute Gasteiger partial charge is 0.249 e. The molecule has 2 amide bonds. The van der Waals surface area contributed by atoms with Crippen molar-refractivity contribution in [2.24, 2.45) is 0 Å². The lowest BCUT2D eigenvalue weighted by Gasteiger charge is -2.41. The Balaban J connectivity index is 1.95. The average Bonchev–Trinajstić information content (AvgIpc) is 3.15. The second-order valence-electron chi connectivity index (χ2n) is 8.37. The quantitative estimate of drug-likeness (QED) is 0.689. The monoisotopic (exact) mass is 451 g/mol. The zero-order valence-electron chi connectivity index (χ0n) is 17.7. The zero-order valence-corrected chi connectivity index (χ0v) is 19.2. The van der Waals surface area contributed by atoms with Gasteiger partial charge in [0.05, 0.1) is 16.1 Å². The van der Waals surface area contributed by atoms with Gasteiger partial charge in [0, 0.05) is 37.6 Å². The standard InChI is InChI=1S/C22H27Cl2N3O3/c1-22(2,3)27(20(29)14-30-4)13-19(28)26-11-10-25-9-5-6-18(25)21(26)15-7-8-16(23)17(24)12-15/h5-9,12,21H,10-11,13-14H2,1-4H3. The number of benzene rings is 1. The molecule has 8 heteroatoms. The number of hydrogen-bond acceptors (Lipinski definition) is 3. The number of halogens is 2. The Hall–Kier alpha value is -2.02. The van der Waals surface area contributed by atoms with Crippen molar-refractivity contribution >= 4 is 35.0 Å². The highest BCUT2D eigenvalue weighted by Crippen LogP contribution is 2.35. The molecule has 2 heterocycles. The number of nitrogens with zero attached hydrogens (tertiary/aromatic N) is 3. The van der Waals surface area contributed by atoms with Crippen molar-refractivity contribution in [3.8, 4) is 0 Å². The lowest BCUT2D eigenvalue weighted by molar-refractivity contribution is -0.148. The molecule has 0 aliphatic carbocycles. The van der Waals surface area contributed by atoms with Gasteiger partial charge in [-0.2, -0.15) is 0 Å². The predicted molar refractivity (Wildman–Crippen MR) is 118 cm³/mol. The summed E-state index contributed by atoms with van der Waals surface area (Å²) in [6.07, 6.45) is 2.01. The maximum atomic E-state index is 13.5. The normalized spacial score (nSPS) is 16.3. The molecule has 0 spiro atoms. The van der Waals surface area contributed by atoms with Crippen molar-refractivity contribution in [2.75, 3.05) is 26.8 Å². The summed E-state index contributed by atoms with van der Waals surface area (Å²) in [5.74, 6) is -0.345. The van der Waals surface area contributed by atoms with Crippen LogP contribution in [0.3, 0.4) is 0 Å². The van der Waals surface area contributed by atoms with E-state index in [1.807, 2.05) is 50.1 Å². The summed E-state index contributed by atoms with van der Waals surface area (Å²) in [5, 5.41) is 0.908. The van der Waals surface area contributed by atoms with Gasteiger partial charge in [-0.3, -0.25) is 9.59 Å². The molecule has 0 saturated carbocycles. The van der Waals surface area contributed by atoms with Crippen molar-refractivity contribution in [1.82, 2.24) is 14.4 Å². The highest BCUT2D eigenvalue weighted by molar-refractivity contribution is 6.42. The van der Waals surface area contributed by atoms with Gasteiger partial charge in [-0.25, -0.2) is 0 Å². The van der Waals surface area contributed by atoms with Crippen LogP contribution in [0.2, 0.25) is 10.0 Å². The molecule has 1 aliphatic heterocycles. The maximum absolute atomic E-state index is 13.5. The van der Waals surface area contributed by atoms with Crippen LogP contribution in [0.5, 0.6) is 0 Å². The number of rotatable bonds is 5. The molecule has 3 rings (SSSR count). The fourth-order valence-corrected chi connectivity index (χ4v) is 4.12. The number of ether oxygens (including phenoxy) is 1. The topological polar surface area (TPSA) is 54.8 Å². The van der Waals surface area contributed by atoms with E-state index in [-0.39, 0.29) is 31.0 Å². The van der Waals surface area contributed by atoms with Crippen LogP contribution in [0, 0.1) is 0 Å². The molecule has 0 radical (unpaired) electrons. The van der Waals surface area contributed by atoms with E-state index in [4.69, 9.17) is 27.9 Å². The van der Waals surface area contributed by atoms with Crippen molar-refractivity contribution < 1.29 is 14.3 Å². The fourth-order valence-electron chi connectivity index (χ4n) is 3.81. The van der Waals surface area contributed by atoms with Crippen LogP contribution in [0.4, 0.5) is 0 Å². The Kier molecular flexibility index (Phi) is 6.80. The molecule has 1 unspecified atom stereocenters. The molecule has 162 valence electrons. The predicted octanol–water partition coefficient (Wildman–Crippen LogP) is 4.00. The zero-order chi connectivity index (χ0) is 22.1. The summed E-state index contributed by atoms with van der Waals surface area (Å²) in [4.78, 5) is 29.4. The van der Waals surface area contributed by atoms with E-state index in [0.717, 1.165) is 11.3 Å². The highest BCUT2D eigenvalue weighted by atomic mass is 35.5. The van der Waals surface area contributed by atoms with Crippen LogP contribution in [0.1, 0.15) is 38.1 Å². The molecule has 0 bridgehead atoms. The molecular formula is C22H27Cl2N3O3. The number of amides is 2. The molecule has 1 atom stereocenters. The highest BCUT2D eigenvalue weighted by Gasteiger charge is 2.36. The molecular weight excluding hydrogens is 425 g/mol. The van der Waals surface area contributed by atoms with Gasteiger partial charge in [0.1, 0.15) is 13.2 Å². The molecule has 30 heavy (non-hydrogen) atoms. The summed E-state index contributed by atoms with van der Waals surface area (Å²) in [5.41, 5.74) is 1.36. The minimum Gasteiger partial charge on any atom is -0.375 e. The van der Waals surface area contributed by atoms with Crippen LogP contribution in [-0.4, -0.2) is 58.5 Å². The second-order valence-corrected chi connectivity index (χ2v) is 9.19. The average molecular weight is 452 g/mol. The first-order valence-corrected chi connectivity index (χ1v) is 10.6. The number of aromatic nitrogens is 1. The molecule has 6 nitrogen and oxygen atoms in total. The van der Waals surface area contributed by atoms with Crippen molar-refractivity contribution in [3.05, 3.63) is 57.8 Å². The summed E-state index contributed by atoms with van der Waals surface area (Å²) in [7, 11) is 1.47. The van der Waals surface area contributed by atoms with Gasteiger partial charge < -0.3 is 19.1 Å². The van der Waals surface area contributed by atoms with Crippen LogP contribution in [0.15, 0.2) is 36.5 Å². The third-order valence-electron chi connectivity index (χ3n) is 5.29. The first kappa shape index (κ1) is 22.7. The van der Waals surface area contributed by atoms with E-state index >= 15 is 0 Å². The third kappa shape index (κ3) is 4.66. The first-order chi connectivity index (χ1) is 14.1. The van der Waals surface area contributed by atoms with Gasteiger partial charge in [-0.15, -0.1) is 0 Å². The molecule has 0 saturated heterocycles. The fraction of sp³-hybridized carbons (Fsp3) is 0.455. The van der Waals surface area contributed by atoms with Crippen molar-refractivity contribution in [2.45, 2.75) is 38.9 Å². The molecule has 2 aromatic rings. The van der Waals surface area contributed by atoms with E-state index in [1.54, 1.807) is 17.0 Å². The Labute approximate surface area is 187 Å². The van der Waals surface area contributed by atoms with Crippen LogP contribution >= 0.6 is 23.2 Å². The van der Waals surface area contributed by atoms with Crippen molar-refractivity contribution in [3.63, 3.8) is 0 Å². The van der Waals surface area contributed by atoms with Crippen LogP contribution < -0.4 is 0 Å². The SMILES string of the molecule is COCC(=O)N(CC(=O)N1CCn2cccc2C1c1ccc(Cl)c(Cl)c1)C(C)(C)C. The van der Waals surface area contributed by atoms with Gasteiger partial charge in [-0.1, -0.05) is 29.3 Å². The minimum atomic E-state index is -0.514. The lowest BCUT2D eigenvalue weighted by Crippen LogP contribution is -2.53. The molecule has 1 aromatic carbocycles. The van der Waals surface area contributed by atoms with E-state index in [9.17, 15) is 9.59 Å². The largest absolute Gasteiger partial charge is 0.375 e. The Morgan fingerprint density at radius 1 is 1.17 bits per heavy atom. The minimum absolute atomic E-state index is 0.0236. The number of fused-ring (bicyclic) bond motifs is 1. The summed E-state index contributed by atoms with van der Waals surface area (Å²) >= 11 is 12.4.